The quantitative estimate of drug-likeness (QED) is 0.161. The summed E-state index contributed by atoms with van der Waals surface area (Å²) in [5.41, 5.74) is 13.9. The zero-order chi connectivity index (χ0) is 35.1. The van der Waals surface area contributed by atoms with Crippen LogP contribution in [0.1, 0.15) is 0 Å². The molecule has 53 heavy (non-hydrogen) atoms. The maximum Gasteiger partial charge on any atom is 0.145 e. The normalized spacial score (nSPS) is 11.4. The van der Waals surface area contributed by atoms with E-state index in [1.54, 1.807) is 0 Å². The first kappa shape index (κ1) is 30.8. The highest BCUT2D eigenvalue weighted by atomic mass is 15.1. The predicted molar refractivity (Wildman–Crippen MR) is 223 cm³/mol. The van der Waals surface area contributed by atoms with E-state index in [1.165, 1.54) is 66.1 Å². The Hall–Kier alpha value is -7.03. The number of imidazole rings is 1. The molecule has 0 aliphatic heterocycles. The van der Waals surface area contributed by atoms with Crippen LogP contribution >= 0.6 is 0 Å². The molecule has 9 aromatic carbocycles. The summed E-state index contributed by atoms with van der Waals surface area (Å²) in [5.74, 6) is 0.930. The van der Waals surface area contributed by atoms with Crippen LogP contribution in [0.15, 0.2) is 206 Å². The SMILES string of the molecule is c1ccc(-c2ccc(-c3ccc4c(-c5ccccc5)c5cc(-n6c(-c7ccccc7)nc7ccccc76)ccc5c(-c5ccccc5)c4c3)cc2)cc1. The minimum atomic E-state index is 0.930. The first-order chi connectivity index (χ1) is 26.3. The van der Waals surface area contributed by atoms with E-state index in [-0.39, 0.29) is 0 Å². The lowest BCUT2D eigenvalue weighted by atomic mass is 9.84. The number of rotatable bonds is 6. The second-order valence-corrected chi connectivity index (χ2v) is 13.5. The third kappa shape index (κ3) is 5.40. The third-order valence-corrected chi connectivity index (χ3v) is 10.4. The van der Waals surface area contributed by atoms with Crippen molar-refractivity contribution in [3.8, 4) is 61.6 Å². The zero-order valence-electron chi connectivity index (χ0n) is 29.0. The van der Waals surface area contributed by atoms with Gasteiger partial charge in [-0.1, -0.05) is 176 Å². The van der Waals surface area contributed by atoms with Crippen molar-refractivity contribution in [1.82, 2.24) is 9.55 Å². The monoisotopic (exact) mass is 674 g/mol. The Labute approximate surface area is 308 Å². The largest absolute Gasteiger partial charge is 0.292 e. The fraction of sp³-hybridized carbons (Fsp3) is 0. The first-order valence-electron chi connectivity index (χ1n) is 18.1. The Balaban J connectivity index is 1.26. The molecule has 0 spiro atoms. The van der Waals surface area contributed by atoms with Crippen molar-refractivity contribution in [2.75, 3.05) is 0 Å². The van der Waals surface area contributed by atoms with Crippen molar-refractivity contribution in [3.05, 3.63) is 206 Å². The number of nitrogens with zero attached hydrogens (tertiary/aromatic N) is 2. The molecule has 2 nitrogen and oxygen atoms in total. The smallest absolute Gasteiger partial charge is 0.145 e. The average Bonchev–Trinajstić information content (AvgIpc) is 3.63. The van der Waals surface area contributed by atoms with Gasteiger partial charge in [0.2, 0.25) is 0 Å². The summed E-state index contributed by atoms with van der Waals surface area (Å²) in [5, 5.41) is 4.88. The van der Waals surface area contributed by atoms with Gasteiger partial charge in [-0.2, -0.15) is 0 Å². The van der Waals surface area contributed by atoms with E-state index in [0.717, 1.165) is 28.1 Å². The van der Waals surface area contributed by atoms with Crippen LogP contribution in [0, 0.1) is 0 Å². The summed E-state index contributed by atoms with van der Waals surface area (Å²) in [6.45, 7) is 0. The highest BCUT2D eigenvalue weighted by molar-refractivity contribution is 6.22. The topological polar surface area (TPSA) is 17.8 Å². The first-order valence-corrected chi connectivity index (χ1v) is 18.1. The Morgan fingerprint density at radius 1 is 0.302 bits per heavy atom. The van der Waals surface area contributed by atoms with Crippen LogP contribution in [0.4, 0.5) is 0 Å². The number of hydrogen-bond donors (Lipinski definition) is 0. The predicted octanol–water partition coefficient (Wildman–Crippen LogP) is 13.7. The summed E-state index contributed by atoms with van der Waals surface area (Å²) in [4.78, 5) is 5.16. The minimum absolute atomic E-state index is 0.930. The summed E-state index contributed by atoms with van der Waals surface area (Å²) >= 11 is 0. The van der Waals surface area contributed by atoms with Gasteiger partial charge in [0.15, 0.2) is 0 Å². The molecule has 0 aliphatic carbocycles. The molecule has 10 rings (SSSR count). The second-order valence-electron chi connectivity index (χ2n) is 13.5. The number of para-hydroxylation sites is 2. The van der Waals surface area contributed by atoms with Crippen LogP contribution in [-0.4, -0.2) is 9.55 Å². The van der Waals surface area contributed by atoms with Gasteiger partial charge in [-0.3, -0.25) is 4.57 Å². The molecule has 2 heteroatoms. The highest BCUT2D eigenvalue weighted by Gasteiger charge is 2.20. The second kappa shape index (κ2) is 12.9. The van der Waals surface area contributed by atoms with Crippen molar-refractivity contribution in [1.29, 1.82) is 0 Å². The molecule has 0 amide bonds. The molecule has 248 valence electrons. The molecule has 0 bridgehead atoms. The van der Waals surface area contributed by atoms with Crippen LogP contribution in [0.3, 0.4) is 0 Å². The molecule has 1 aromatic heterocycles. The highest BCUT2D eigenvalue weighted by Crippen LogP contribution is 2.46. The van der Waals surface area contributed by atoms with Gasteiger partial charge < -0.3 is 0 Å². The number of benzene rings is 9. The third-order valence-electron chi connectivity index (χ3n) is 10.4. The zero-order valence-corrected chi connectivity index (χ0v) is 29.0. The number of aromatic nitrogens is 2. The number of hydrogen-bond acceptors (Lipinski definition) is 1. The molecule has 10 aromatic rings. The maximum atomic E-state index is 5.16. The van der Waals surface area contributed by atoms with Crippen LogP contribution in [0.25, 0.3) is 94.2 Å². The van der Waals surface area contributed by atoms with E-state index in [9.17, 15) is 0 Å². The summed E-state index contributed by atoms with van der Waals surface area (Å²) in [7, 11) is 0. The van der Waals surface area contributed by atoms with Crippen molar-refractivity contribution in [2.24, 2.45) is 0 Å². The van der Waals surface area contributed by atoms with E-state index in [2.05, 4.69) is 211 Å². The van der Waals surface area contributed by atoms with Crippen molar-refractivity contribution >= 4 is 32.6 Å². The molecular formula is C51H34N2. The Morgan fingerprint density at radius 2 is 0.736 bits per heavy atom. The minimum Gasteiger partial charge on any atom is -0.292 e. The molecule has 0 saturated heterocycles. The van der Waals surface area contributed by atoms with Crippen LogP contribution in [0.5, 0.6) is 0 Å². The molecule has 0 unspecified atom stereocenters. The molecule has 1 heterocycles. The maximum absolute atomic E-state index is 5.16. The summed E-state index contributed by atoms with van der Waals surface area (Å²) < 4.78 is 2.31. The molecule has 0 aliphatic rings. The molecule has 0 radical (unpaired) electrons. The lowest BCUT2D eigenvalue weighted by Crippen LogP contribution is -1.99. The lowest BCUT2D eigenvalue weighted by Gasteiger charge is -2.20. The van der Waals surface area contributed by atoms with E-state index >= 15 is 0 Å². The molecule has 0 N–H and O–H groups in total. The number of fused-ring (bicyclic) bond motifs is 3. The van der Waals surface area contributed by atoms with Gasteiger partial charge in [-0.15, -0.1) is 0 Å². The Morgan fingerprint density at radius 3 is 1.34 bits per heavy atom. The van der Waals surface area contributed by atoms with Crippen molar-refractivity contribution in [2.45, 2.75) is 0 Å². The standard InChI is InChI=1S/C51H34N2/c1-5-15-35(16-6-1)36-25-27-37(28-26-36)41-29-31-43-45(33-41)49(38-17-7-2-8-18-38)44-32-30-42(34-46(44)50(43)39-19-9-3-10-20-39)53-48-24-14-13-23-47(48)52-51(53)40-21-11-4-12-22-40/h1-34H. The van der Waals surface area contributed by atoms with Gasteiger partial charge in [-0.05, 0) is 96.4 Å². The Kier molecular flexibility index (Phi) is 7.51. The lowest BCUT2D eigenvalue weighted by molar-refractivity contribution is 1.11. The molecule has 0 saturated carbocycles. The fourth-order valence-corrected chi connectivity index (χ4v) is 7.92. The van der Waals surface area contributed by atoms with Gasteiger partial charge in [-0.25, -0.2) is 4.98 Å². The van der Waals surface area contributed by atoms with Crippen LogP contribution in [0.2, 0.25) is 0 Å². The van der Waals surface area contributed by atoms with Crippen molar-refractivity contribution < 1.29 is 0 Å². The Bertz CT molecular complexity index is 2890. The van der Waals surface area contributed by atoms with Crippen LogP contribution in [-0.2, 0) is 0 Å². The van der Waals surface area contributed by atoms with E-state index in [1.807, 2.05) is 0 Å². The average molecular weight is 675 g/mol. The van der Waals surface area contributed by atoms with E-state index in [4.69, 9.17) is 4.98 Å². The van der Waals surface area contributed by atoms with E-state index < -0.39 is 0 Å². The van der Waals surface area contributed by atoms with Gasteiger partial charge in [0.1, 0.15) is 5.82 Å². The van der Waals surface area contributed by atoms with Gasteiger partial charge >= 0.3 is 0 Å². The fourth-order valence-electron chi connectivity index (χ4n) is 7.92. The van der Waals surface area contributed by atoms with Crippen molar-refractivity contribution in [3.63, 3.8) is 0 Å². The summed E-state index contributed by atoms with van der Waals surface area (Å²) in [6, 6.07) is 74.1. The molecule has 0 atom stereocenters. The van der Waals surface area contributed by atoms with E-state index in [0.29, 0.717) is 0 Å². The van der Waals surface area contributed by atoms with Crippen LogP contribution < -0.4 is 0 Å². The van der Waals surface area contributed by atoms with Gasteiger partial charge in [0.05, 0.1) is 11.0 Å². The van der Waals surface area contributed by atoms with Gasteiger partial charge in [0, 0.05) is 11.3 Å². The van der Waals surface area contributed by atoms with Gasteiger partial charge in [0.25, 0.3) is 0 Å². The molecule has 0 fully saturated rings. The summed E-state index contributed by atoms with van der Waals surface area (Å²) in [6.07, 6.45) is 0. The molecular weight excluding hydrogens is 641 g/mol.